The third kappa shape index (κ3) is 4.35. The van der Waals surface area contributed by atoms with E-state index in [2.05, 4.69) is 16.0 Å². The van der Waals surface area contributed by atoms with Crippen LogP contribution in [0.5, 0.6) is 5.75 Å². The van der Waals surface area contributed by atoms with Crippen LogP contribution in [0.1, 0.15) is 18.2 Å². The fourth-order valence-electron chi connectivity index (χ4n) is 3.44. The third-order valence-corrected chi connectivity index (χ3v) is 5.83. The van der Waals surface area contributed by atoms with E-state index in [9.17, 15) is 9.59 Å². The minimum absolute atomic E-state index is 0.0598. The molecule has 1 unspecified atom stereocenters. The summed E-state index contributed by atoms with van der Waals surface area (Å²) < 4.78 is 7.28. The number of hydrogen-bond donors (Lipinski definition) is 0. The molecule has 2 aromatic heterocycles. The number of aromatic nitrogens is 2. The molecular weight excluding hydrogens is 402 g/mol. The molecule has 0 radical (unpaired) electrons. The number of carbonyl (C=O) groups is 1. The van der Waals surface area contributed by atoms with Crippen molar-refractivity contribution in [2.75, 3.05) is 26.2 Å². The van der Waals surface area contributed by atoms with Crippen LogP contribution in [0.25, 0.3) is 4.96 Å². The van der Waals surface area contributed by atoms with Crippen molar-refractivity contribution in [3.05, 3.63) is 63.5 Å². The Morgan fingerprint density at radius 1 is 1.27 bits per heavy atom. The van der Waals surface area contributed by atoms with Crippen LogP contribution in [-0.2, 0) is 11.3 Å². The third-order valence-electron chi connectivity index (χ3n) is 5.07. The maximum atomic E-state index is 12.7. The summed E-state index contributed by atoms with van der Waals surface area (Å²) in [5.41, 5.74) is 1.23. The first-order chi connectivity index (χ1) is 14.5. The Morgan fingerprint density at radius 2 is 2.00 bits per heavy atom. The maximum Gasteiger partial charge on any atom is 0.263 e. The van der Waals surface area contributed by atoms with Crippen LogP contribution in [0.2, 0.25) is 0 Å². The maximum absolute atomic E-state index is 12.7. The smallest absolute Gasteiger partial charge is 0.263 e. The van der Waals surface area contributed by atoms with E-state index in [0.29, 0.717) is 49.0 Å². The summed E-state index contributed by atoms with van der Waals surface area (Å²) in [4.78, 5) is 34.1. The summed E-state index contributed by atoms with van der Waals surface area (Å²) in [6, 6.07) is 10.4. The van der Waals surface area contributed by atoms with Gasteiger partial charge in [-0.25, -0.2) is 4.98 Å². The Morgan fingerprint density at radius 3 is 2.70 bits per heavy atom. The van der Waals surface area contributed by atoms with Crippen molar-refractivity contribution in [1.29, 1.82) is 5.26 Å². The van der Waals surface area contributed by atoms with Crippen LogP contribution >= 0.6 is 11.3 Å². The lowest BCUT2D eigenvalue weighted by molar-refractivity contribution is -0.139. The summed E-state index contributed by atoms with van der Waals surface area (Å²) in [5, 5.41) is 10.7. The number of amides is 1. The number of carbonyl (C=O) groups excluding carboxylic acids is 1. The van der Waals surface area contributed by atoms with E-state index in [0.717, 1.165) is 5.69 Å². The van der Waals surface area contributed by atoms with Crippen LogP contribution in [-0.4, -0.2) is 57.4 Å². The van der Waals surface area contributed by atoms with Crippen molar-refractivity contribution in [2.45, 2.75) is 19.6 Å². The van der Waals surface area contributed by atoms with Crippen LogP contribution in [0.15, 0.2) is 46.7 Å². The van der Waals surface area contributed by atoms with Crippen LogP contribution in [0.4, 0.5) is 0 Å². The summed E-state index contributed by atoms with van der Waals surface area (Å²) in [6.07, 6.45) is 1.12. The van der Waals surface area contributed by atoms with Gasteiger partial charge in [0.05, 0.1) is 17.3 Å². The first kappa shape index (κ1) is 20.1. The molecule has 30 heavy (non-hydrogen) atoms. The lowest BCUT2D eigenvalue weighted by Gasteiger charge is -2.35. The van der Waals surface area contributed by atoms with Gasteiger partial charge in [-0.1, -0.05) is 0 Å². The molecule has 9 heteroatoms. The first-order valence-electron chi connectivity index (χ1n) is 9.67. The van der Waals surface area contributed by atoms with E-state index in [1.165, 1.54) is 11.3 Å². The summed E-state index contributed by atoms with van der Waals surface area (Å²) in [7, 11) is 0. The molecule has 0 bridgehead atoms. The number of rotatable bonds is 5. The second kappa shape index (κ2) is 8.65. The zero-order valence-electron chi connectivity index (χ0n) is 16.5. The molecule has 154 valence electrons. The first-order valence-corrected chi connectivity index (χ1v) is 10.6. The van der Waals surface area contributed by atoms with Crippen molar-refractivity contribution in [3.63, 3.8) is 0 Å². The molecule has 1 saturated heterocycles. The number of ether oxygens (including phenoxy) is 1. The number of nitriles is 1. The van der Waals surface area contributed by atoms with Crippen LogP contribution in [0, 0.1) is 11.3 Å². The molecule has 0 N–H and O–H groups in total. The molecule has 0 aliphatic carbocycles. The summed E-state index contributed by atoms with van der Waals surface area (Å²) in [5.74, 6) is 0.505. The molecule has 1 amide bonds. The largest absolute Gasteiger partial charge is 0.481 e. The van der Waals surface area contributed by atoms with Gasteiger partial charge >= 0.3 is 0 Å². The van der Waals surface area contributed by atoms with Crippen molar-refractivity contribution < 1.29 is 9.53 Å². The Kier molecular flexibility index (Phi) is 5.79. The zero-order chi connectivity index (χ0) is 21.1. The monoisotopic (exact) mass is 423 g/mol. The molecule has 8 nitrogen and oxygen atoms in total. The molecule has 1 fully saturated rings. The van der Waals surface area contributed by atoms with Gasteiger partial charge in [-0.15, -0.1) is 11.3 Å². The molecule has 0 spiro atoms. The van der Waals surface area contributed by atoms with Gasteiger partial charge in [0.1, 0.15) is 5.75 Å². The molecule has 1 aliphatic heterocycles. The average molecular weight is 423 g/mol. The van der Waals surface area contributed by atoms with Gasteiger partial charge in [0.15, 0.2) is 11.1 Å². The Hall–Kier alpha value is -3.22. The predicted octanol–water partition coefficient (Wildman–Crippen LogP) is 1.74. The number of thiazole rings is 1. The molecule has 1 atom stereocenters. The minimum Gasteiger partial charge on any atom is -0.481 e. The van der Waals surface area contributed by atoms with Gasteiger partial charge in [0.25, 0.3) is 11.5 Å². The summed E-state index contributed by atoms with van der Waals surface area (Å²) in [6.45, 7) is 4.94. The highest BCUT2D eigenvalue weighted by molar-refractivity contribution is 7.15. The van der Waals surface area contributed by atoms with Gasteiger partial charge in [-0.05, 0) is 31.2 Å². The molecule has 3 heterocycles. The van der Waals surface area contributed by atoms with Gasteiger partial charge in [0, 0.05) is 50.4 Å². The normalized spacial score (nSPS) is 15.7. The van der Waals surface area contributed by atoms with Crippen molar-refractivity contribution in [1.82, 2.24) is 19.2 Å². The zero-order valence-corrected chi connectivity index (χ0v) is 17.3. The van der Waals surface area contributed by atoms with Crippen molar-refractivity contribution in [2.24, 2.45) is 0 Å². The fraction of sp³-hybridized carbons (Fsp3) is 0.333. The number of hydrogen-bond acceptors (Lipinski definition) is 7. The number of benzene rings is 1. The van der Waals surface area contributed by atoms with E-state index in [-0.39, 0.29) is 11.5 Å². The van der Waals surface area contributed by atoms with Crippen LogP contribution < -0.4 is 10.3 Å². The van der Waals surface area contributed by atoms with E-state index in [4.69, 9.17) is 10.00 Å². The quantitative estimate of drug-likeness (QED) is 0.621. The molecule has 1 aliphatic rings. The Balaban J connectivity index is 1.31. The van der Waals surface area contributed by atoms with E-state index >= 15 is 0 Å². The van der Waals surface area contributed by atoms with Crippen LogP contribution in [0.3, 0.4) is 0 Å². The van der Waals surface area contributed by atoms with Crippen molar-refractivity contribution in [3.8, 4) is 11.8 Å². The Bertz CT molecular complexity index is 1140. The molecule has 0 saturated carbocycles. The lowest BCUT2D eigenvalue weighted by Crippen LogP contribution is -2.51. The highest BCUT2D eigenvalue weighted by Gasteiger charge is 2.26. The predicted molar refractivity (Wildman–Crippen MR) is 112 cm³/mol. The van der Waals surface area contributed by atoms with Crippen molar-refractivity contribution >= 4 is 22.2 Å². The minimum atomic E-state index is -0.604. The van der Waals surface area contributed by atoms with Gasteiger partial charge < -0.3 is 9.64 Å². The van der Waals surface area contributed by atoms with Gasteiger partial charge in [-0.3, -0.25) is 18.9 Å². The summed E-state index contributed by atoms with van der Waals surface area (Å²) >= 11 is 1.44. The van der Waals surface area contributed by atoms with Gasteiger partial charge in [0.2, 0.25) is 0 Å². The molecular formula is C21H21N5O3S. The average Bonchev–Trinajstić information content (AvgIpc) is 3.23. The standard InChI is InChI=1S/C21H21N5O3S/c1-15(29-18-4-2-16(13-22)3-5-18)20(28)25-8-6-24(7-9-25)14-17-12-19(27)26-10-11-30-21(26)23-17/h2-5,10-12,15H,6-9,14H2,1H3. The SMILES string of the molecule is CC(Oc1ccc(C#N)cc1)C(=O)N1CCN(Cc2cc(=O)n3ccsc3n2)CC1. The second-order valence-corrected chi connectivity index (χ2v) is 8.01. The number of nitrogens with zero attached hydrogens (tertiary/aromatic N) is 5. The highest BCUT2D eigenvalue weighted by atomic mass is 32.1. The van der Waals surface area contributed by atoms with E-state index < -0.39 is 6.10 Å². The fourth-order valence-corrected chi connectivity index (χ4v) is 4.18. The van der Waals surface area contributed by atoms with E-state index in [1.807, 2.05) is 5.38 Å². The highest BCUT2D eigenvalue weighted by Crippen LogP contribution is 2.16. The lowest BCUT2D eigenvalue weighted by atomic mass is 10.2. The Labute approximate surface area is 177 Å². The molecule has 4 rings (SSSR count). The number of fused-ring (bicyclic) bond motifs is 1. The van der Waals surface area contributed by atoms with E-state index in [1.54, 1.807) is 52.8 Å². The van der Waals surface area contributed by atoms with Gasteiger partial charge in [-0.2, -0.15) is 5.26 Å². The second-order valence-electron chi connectivity index (χ2n) is 7.14. The topological polar surface area (TPSA) is 90.9 Å². The molecule has 3 aromatic rings. The number of piperazine rings is 1. The molecule has 1 aromatic carbocycles.